The van der Waals surface area contributed by atoms with Gasteiger partial charge in [-0.1, -0.05) is 41.9 Å². The van der Waals surface area contributed by atoms with Crippen LogP contribution in [0.4, 0.5) is 18.9 Å². The minimum atomic E-state index is -4.52. The summed E-state index contributed by atoms with van der Waals surface area (Å²) in [6.45, 7) is 0.684. The van der Waals surface area contributed by atoms with E-state index < -0.39 is 29.6 Å². The summed E-state index contributed by atoms with van der Waals surface area (Å²) in [5, 5.41) is 9.08. The van der Waals surface area contributed by atoms with Crippen molar-refractivity contribution in [3.8, 4) is 17.1 Å². The van der Waals surface area contributed by atoms with E-state index in [0.717, 1.165) is 23.6 Å². The van der Waals surface area contributed by atoms with Crippen molar-refractivity contribution in [3.05, 3.63) is 107 Å². The number of furan rings is 1. The average molecular weight is 586 g/mol. The van der Waals surface area contributed by atoms with Crippen molar-refractivity contribution < 1.29 is 31.9 Å². The molecule has 0 spiro atoms. The number of halogens is 4. The van der Waals surface area contributed by atoms with Gasteiger partial charge >= 0.3 is 6.18 Å². The molecular formula is C30H27ClF3N3O4. The van der Waals surface area contributed by atoms with Gasteiger partial charge < -0.3 is 25.1 Å². The molecule has 214 valence electrons. The van der Waals surface area contributed by atoms with Crippen molar-refractivity contribution in [2.75, 3.05) is 25.5 Å². The number of anilines is 1. The lowest BCUT2D eigenvalue weighted by atomic mass is 10.0. The number of alkyl halides is 3. The second-order valence-electron chi connectivity index (χ2n) is 9.01. The molecule has 0 bridgehead atoms. The summed E-state index contributed by atoms with van der Waals surface area (Å²) >= 11 is 6.30. The Balaban J connectivity index is 1.43. The number of hydrogen-bond acceptors (Lipinski definition) is 5. The number of hydrogen-bond donors (Lipinski definition) is 3. The Hall–Kier alpha value is -4.44. The maximum absolute atomic E-state index is 13.1. The third kappa shape index (κ3) is 8.04. The van der Waals surface area contributed by atoms with E-state index in [0.29, 0.717) is 17.1 Å². The highest BCUT2D eigenvalue weighted by atomic mass is 35.5. The summed E-state index contributed by atoms with van der Waals surface area (Å²) in [5.74, 6) is -0.500. The third-order valence-electron chi connectivity index (χ3n) is 6.15. The van der Waals surface area contributed by atoms with Crippen LogP contribution in [0.25, 0.3) is 11.3 Å². The van der Waals surface area contributed by atoms with Gasteiger partial charge in [-0.15, -0.1) is 0 Å². The fraction of sp³-hybridized carbons (Fsp3) is 0.200. The van der Waals surface area contributed by atoms with Crippen molar-refractivity contribution in [1.29, 1.82) is 0 Å². The maximum Gasteiger partial charge on any atom is 0.416 e. The molecule has 7 nitrogen and oxygen atoms in total. The van der Waals surface area contributed by atoms with Crippen LogP contribution in [0.2, 0.25) is 5.02 Å². The predicted molar refractivity (Wildman–Crippen MR) is 150 cm³/mol. The largest absolute Gasteiger partial charge is 0.497 e. The Bertz CT molecular complexity index is 1490. The van der Waals surface area contributed by atoms with Crippen LogP contribution in [0, 0.1) is 0 Å². The number of carbonyl (C=O) groups is 2. The molecule has 0 radical (unpaired) electrons. The summed E-state index contributed by atoms with van der Waals surface area (Å²) in [6.07, 6.45) is -4.42. The van der Waals surface area contributed by atoms with Gasteiger partial charge in [-0.2, -0.15) is 13.2 Å². The first kappa shape index (κ1) is 29.5. The standard InChI is InChI=1S/C30H27ClF3N3O4/c1-40-23-11-9-22(10-12-23)35-15-16-36-28(38)25(18-19-5-2-3-8-24(19)31)37-29(39)27-14-13-26(41-27)20-6-4-7-21(17-20)30(32,33)34/h2-14,17,25,35H,15-16,18H2,1H3,(H,36,38)(H,37,39). The van der Waals surface area contributed by atoms with Crippen molar-refractivity contribution >= 4 is 29.1 Å². The zero-order valence-electron chi connectivity index (χ0n) is 21.9. The molecule has 1 atom stereocenters. The molecule has 11 heteroatoms. The lowest BCUT2D eigenvalue weighted by Gasteiger charge is -2.19. The third-order valence-corrected chi connectivity index (χ3v) is 6.52. The van der Waals surface area contributed by atoms with Crippen LogP contribution in [0.15, 0.2) is 89.3 Å². The first-order valence-corrected chi connectivity index (χ1v) is 13.0. The summed E-state index contributed by atoms with van der Waals surface area (Å²) < 4.78 is 50.1. The predicted octanol–water partition coefficient (Wildman–Crippen LogP) is 6.20. The van der Waals surface area contributed by atoms with E-state index in [2.05, 4.69) is 16.0 Å². The lowest BCUT2D eigenvalue weighted by molar-refractivity contribution is -0.137. The van der Waals surface area contributed by atoms with Crippen molar-refractivity contribution in [2.45, 2.75) is 18.6 Å². The van der Waals surface area contributed by atoms with Crippen LogP contribution >= 0.6 is 11.6 Å². The molecule has 1 unspecified atom stereocenters. The molecule has 2 amide bonds. The molecule has 0 saturated carbocycles. The summed E-state index contributed by atoms with van der Waals surface area (Å²) in [4.78, 5) is 26.2. The van der Waals surface area contributed by atoms with E-state index >= 15 is 0 Å². The molecule has 4 rings (SSSR count). The Morgan fingerprint density at radius 1 is 0.951 bits per heavy atom. The van der Waals surface area contributed by atoms with E-state index in [1.54, 1.807) is 31.4 Å². The molecule has 0 fully saturated rings. The minimum Gasteiger partial charge on any atom is -0.497 e. The molecule has 3 N–H and O–H groups in total. The number of ether oxygens (including phenoxy) is 1. The monoisotopic (exact) mass is 585 g/mol. The fourth-order valence-electron chi connectivity index (χ4n) is 4.01. The van der Waals surface area contributed by atoms with Gasteiger partial charge in [-0.3, -0.25) is 9.59 Å². The maximum atomic E-state index is 13.1. The van der Waals surface area contributed by atoms with Gasteiger partial charge in [0, 0.05) is 35.8 Å². The molecule has 0 saturated heterocycles. The van der Waals surface area contributed by atoms with Gasteiger partial charge in [0.25, 0.3) is 5.91 Å². The molecule has 0 aliphatic carbocycles. The van der Waals surface area contributed by atoms with Crippen LogP contribution in [0.3, 0.4) is 0 Å². The van der Waals surface area contributed by atoms with E-state index in [-0.39, 0.29) is 30.0 Å². The Morgan fingerprint density at radius 2 is 1.71 bits per heavy atom. The van der Waals surface area contributed by atoms with Crippen LogP contribution in [0.5, 0.6) is 5.75 Å². The molecule has 3 aromatic carbocycles. The molecule has 1 aromatic heterocycles. The van der Waals surface area contributed by atoms with E-state index in [9.17, 15) is 22.8 Å². The first-order chi connectivity index (χ1) is 19.6. The van der Waals surface area contributed by atoms with Crippen molar-refractivity contribution in [3.63, 3.8) is 0 Å². The van der Waals surface area contributed by atoms with Gasteiger partial charge in [-0.25, -0.2) is 0 Å². The number of benzene rings is 3. The van der Waals surface area contributed by atoms with Gasteiger partial charge in [0.15, 0.2) is 5.76 Å². The van der Waals surface area contributed by atoms with Gasteiger partial charge in [-0.05, 0) is 60.2 Å². The molecule has 0 aliphatic rings. The Labute approximate surface area is 239 Å². The number of amides is 2. The summed E-state index contributed by atoms with van der Waals surface area (Å²) in [5.41, 5.74) is 0.814. The van der Waals surface area contributed by atoms with Gasteiger partial charge in [0.1, 0.15) is 17.6 Å². The average Bonchev–Trinajstić information content (AvgIpc) is 3.47. The number of carbonyl (C=O) groups excluding carboxylic acids is 2. The Morgan fingerprint density at radius 3 is 2.41 bits per heavy atom. The van der Waals surface area contributed by atoms with Gasteiger partial charge in [0.05, 0.1) is 12.7 Å². The SMILES string of the molecule is COc1ccc(NCCNC(=O)C(Cc2ccccc2Cl)NC(=O)c2ccc(-c3cccc(C(F)(F)F)c3)o2)cc1. The van der Waals surface area contributed by atoms with Gasteiger partial charge in [0.2, 0.25) is 5.91 Å². The normalized spacial score (nSPS) is 11.9. The molecule has 41 heavy (non-hydrogen) atoms. The highest BCUT2D eigenvalue weighted by Gasteiger charge is 2.31. The highest BCUT2D eigenvalue weighted by molar-refractivity contribution is 6.31. The second-order valence-corrected chi connectivity index (χ2v) is 9.42. The van der Waals surface area contributed by atoms with Crippen LogP contribution < -0.4 is 20.7 Å². The topological polar surface area (TPSA) is 92.6 Å². The van der Waals surface area contributed by atoms with Crippen molar-refractivity contribution in [1.82, 2.24) is 10.6 Å². The summed E-state index contributed by atoms with van der Waals surface area (Å²) in [6, 6.07) is 20.6. The highest BCUT2D eigenvalue weighted by Crippen LogP contribution is 2.32. The van der Waals surface area contributed by atoms with E-state index in [4.69, 9.17) is 20.8 Å². The molecule has 0 aliphatic heterocycles. The van der Waals surface area contributed by atoms with E-state index in [1.165, 1.54) is 24.3 Å². The Kier molecular flexibility index (Phi) is 9.57. The molecular weight excluding hydrogens is 559 g/mol. The zero-order valence-corrected chi connectivity index (χ0v) is 22.7. The van der Waals surface area contributed by atoms with Crippen LogP contribution in [0.1, 0.15) is 21.7 Å². The lowest BCUT2D eigenvalue weighted by Crippen LogP contribution is -2.48. The summed E-state index contributed by atoms with van der Waals surface area (Å²) in [7, 11) is 1.58. The van der Waals surface area contributed by atoms with Crippen LogP contribution in [-0.2, 0) is 17.4 Å². The first-order valence-electron chi connectivity index (χ1n) is 12.6. The quantitative estimate of drug-likeness (QED) is 0.182. The molecule has 4 aromatic rings. The fourth-order valence-corrected chi connectivity index (χ4v) is 4.22. The number of nitrogens with one attached hydrogen (secondary N) is 3. The minimum absolute atomic E-state index is 0.0814. The number of methoxy groups -OCH3 is 1. The molecule has 1 heterocycles. The smallest absolute Gasteiger partial charge is 0.416 e. The van der Waals surface area contributed by atoms with Crippen molar-refractivity contribution in [2.24, 2.45) is 0 Å². The number of rotatable bonds is 11. The zero-order chi connectivity index (χ0) is 29.4. The second kappa shape index (κ2) is 13.3. The van der Waals surface area contributed by atoms with Crippen LogP contribution in [-0.4, -0.2) is 38.1 Å². The van der Waals surface area contributed by atoms with E-state index in [1.807, 2.05) is 24.3 Å².